The van der Waals surface area contributed by atoms with Crippen LogP contribution in [-0.2, 0) is 13.0 Å². The molecular formula is C30H27NO. The first-order valence-corrected chi connectivity index (χ1v) is 11.2. The minimum Gasteiger partial charge on any atom is -0.487 e. The third-order valence-corrected chi connectivity index (χ3v) is 6.15. The van der Waals surface area contributed by atoms with E-state index >= 15 is 0 Å². The molecule has 0 fully saturated rings. The summed E-state index contributed by atoms with van der Waals surface area (Å²) in [6, 6.07) is 31.5. The average molecular weight is 418 g/mol. The lowest BCUT2D eigenvalue weighted by atomic mass is 9.86. The van der Waals surface area contributed by atoms with Gasteiger partial charge in [0.15, 0.2) is 0 Å². The minimum absolute atomic E-state index is 0.487. The summed E-state index contributed by atoms with van der Waals surface area (Å²) >= 11 is 0. The topological polar surface area (TPSA) is 35.2 Å². The maximum Gasteiger partial charge on any atom is 0.142 e. The fourth-order valence-electron chi connectivity index (χ4n) is 4.51. The van der Waals surface area contributed by atoms with Gasteiger partial charge in [-0.2, -0.15) is 0 Å². The molecule has 4 aromatic rings. The Labute approximate surface area is 189 Å². The molecule has 1 aliphatic rings. The lowest BCUT2D eigenvalue weighted by Gasteiger charge is -2.19. The van der Waals surface area contributed by atoms with Crippen molar-refractivity contribution in [3.05, 3.63) is 125 Å². The Kier molecular flexibility index (Phi) is 5.76. The summed E-state index contributed by atoms with van der Waals surface area (Å²) < 4.78 is 6.07. The van der Waals surface area contributed by atoms with Gasteiger partial charge in [0.25, 0.3) is 0 Å². The molecule has 0 saturated heterocycles. The van der Waals surface area contributed by atoms with E-state index in [0.717, 1.165) is 30.6 Å². The number of benzene rings is 4. The molecule has 2 nitrogen and oxygen atoms in total. The molecule has 32 heavy (non-hydrogen) atoms. The molecule has 0 radical (unpaired) electrons. The zero-order valence-corrected chi connectivity index (χ0v) is 18.1. The van der Waals surface area contributed by atoms with E-state index in [4.69, 9.17) is 10.5 Å². The maximum absolute atomic E-state index is 6.07. The summed E-state index contributed by atoms with van der Waals surface area (Å²) in [5, 5.41) is 2.49. The molecule has 0 atom stereocenters. The average Bonchev–Trinajstić information content (AvgIpc) is 2.84. The van der Waals surface area contributed by atoms with Gasteiger partial charge in [0, 0.05) is 0 Å². The smallest absolute Gasteiger partial charge is 0.142 e. The van der Waals surface area contributed by atoms with Gasteiger partial charge >= 0.3 is 0 Å². The Hall–Kier alpha value is -3.78. The van der Waals surface area contributed by atoms with E-state index in [2.05, 4.69) is 78.9 Å². The van der Waals surface area contributed by atoms with E-state index in [1.807, 2.05) is 24.3 Å². The van der Waals surface area contributed by atoms with Crippen LogP contribution >= 0.6 is 0 Å². The van der Waals surface area contributed by atoms with Crippen LogP contribution in [-0.4, -0.2) is 0 Å². The molecule has 0 amide bonds. The van der Waals surface area contributed by atoms with Gasteiger partial charge in [0.1, 0.15) is 12.4 Å². The van der Waals surface area contributed by atoms with E-state index < -0.39 is 0 Å². The Morgan fingerprint density at radius 3 is 2.34 bits per heavy atom. The molecular weight excluding hydrogens is 390 g/mol. The number of allylic oxidation sites excluding steroid dienone is 4. The monoisotopic (exact) mass is 417 g/mol. The van der Waals surface area contributed by atoms with Gasteiger partial charge in [-0.3, -0.25) is 0 Å². The maximum atomic E-state index is 6.07. The molecule has 0 saturated carbocycles. The van der Waals surface area contributed by atoms with Crippen LogP contribution in [0.25, 0.3) is 16.3 Å². The Morgan fingerprint density at radius 1 is 0.750 bits per heavy atom. The highest BCUT2D eigenvalue weighted by molar-refractivity contribution is 5.98. The molecule has 0 aliphatic heterocycles. The molecule has 2 N–H and O–H groups in total. The first-order valence-electron chi connectivity index (χ1n) is 11.2. The van der Waals surface area contributed by atoms with Crippen molar-refractivity contribution >= 4 is 22.0 Å². The number of para-hydroxylation sites is 2. The van der Waals surface area contributed by atoms with Crippen molar-refractivity contribution in [2.24, 2.45) is 0 Å². The number of fused-ring (bicyclic) bond motifs is 1. The van der Waals surface area contributed by atoms with Gasteiger partial charge in [-0.1, -0.05) is 96.6 Å². The van der Waals surface area contributed by atoms with Crippen LogP contribution in [0, 0.1) is 0 Å². The van der Waals surface area contributed by atoms with Crippen LogP contribution in [0.3, 0.4) is 0 Å². The van der Waals surface area contributed by atoms with E-state index in [0.29, 0.717) is 12.3 Å². The number of rotatable bonds is 6. The number of nitrogens with two attached hydrogens (primary N) is 1. The van der Waals surface area contributed by atoms with Crippen LogP contribution in [0.5, 0.6) is 5.75 Å². The molecule has 2 heteroatoms. The highest BCUT2D eigenvalue weighted by Crippen LogP contribution is 2.35. The molecule has 0 aromatic heterocycles. The van der Waals surface area contributed by atoms with Crippen LogP contribution in [0.4, 0.5) is 5.69 Å². The third kappa shape index (κ3) is 4.17. The predicted octanol–water partition coefficient (Wildman–Crippen LogP) is 7.35. The first kappa shape index (κ1) is 20.1. The molecule has 0 heterocycles. The van der Waals surface area contributed by atoms with Crippen LogP contribution in [0.1, 0.15) is 29.5 Å². The normalized spacial score (nSPS) is 13.5. The second-order valence-corrected chi connectivity index (χ2v) is 8.26. The summed E-state index contributed by atoms with van der Waals surface area (Å²) in [4.78, 5) is 0. The van der Waals surface area contributed by atoms with Crippen molar-refractivity contribution in [2.45, 2.75) is 25.9 Å². The number of hydrogen-bond donors (Lipinski definition) is 1. The Balaban J connectivity index is 1.53. The van der Waals surface area contributed by atoms with Gasteiger partial charge in [-0.05, 0) is 64.4 Å². The van der Waals surface area contributed by atoms with Crippen LogP contribution in [0.15, 0.2) is 109 Å². The Bertz CT molecular complexity index is 1300. The number of nitrogen functional groups attached to an aromatic ring is 1. The summed E-state index contributed by atoms with van der Waals surface area (Å²) in [6.07, 6.45) is 7.81. The van der Waals surface area contributed by atoms with Crippen molar-refractivity contribution in [3.63, 3.8) is 0 Å². The number of ether oxygens (including phenoxy) is 1. The molecule has 5 rings (SSSR count). The van der Waals surface area contributed by atoms with Gasteiger partial charge in [0.05, 0.1) is 5.69 Å². The summed E-state index contributed by atoms with van der Waals surface area (Å²) in [7, 11) is 0. The highest BCUT2D eigenvalue weighted by atomic mass is 16.5. The summed E-state index contributed by atoms with van der Waals surface area (Å²) in [5.74, 6) is 0.726. The highest BCUT2D eigenvalue weighted by Gasteiger charge is 2.15. The fourth-order valence-corrected chi connectivity index (χ4v) is 4.51. The fraction of sp³-hybridized carbons (Fsp3) is 0.133. The summed E-state index contributed by atoms with van der Waals surface area (Å²) in [6.45, 7) is 0.487. The molecule has 158 valence electrons. The lowest BCUT2D eigenvalue weighted by molar-refractivity contribution is 0.309. The summed E-state index contributed by atoms with van der Waals surface area (Å²) in [5.41, 5.74) is 13.4. The van der Waals surface area contributed by atoms with Gasteiger partial charge in [-0.25, -0.2) is 0 Å². The molecule has 0 spiro atoms. The molecule has 4 aromatic carbocycles. The van der Waals surface area contributed by atoms with Crippen molar-refractivity contribution in [1.82, 2.24) is 0 Å². The number of hydrogen-bond acceptors (Lipinski definition) is 2. The quantitative estimate of drug-likeness (QED) is 0.333. The second-order valence-electron chi connectivity index (χ2n) is 8.26. The zero-order valence-electron chi connectivity index (χ0n) is 18.1. The third-order valence-electron chi connectivity index (χ3n) is 6.15. The van der Waals surface area contributed by atoms with Crippen molar-refractivity contribution < 1.29 is 4.74 Å². The molecule has 0 unspecified atom stereocenters. The van der Waals surface area contributed by atoms with E-state index in [9.17, 15) is 0 Å². The van der Waals surface area contributed by atoms with Crippen LogP contribution < -0.4 is 10.5 Å². The van der Waals surface area contributed by atoms with E-state index in [1.165, 1.54) is 33.0 Å². The second kappa shape index (κ2) is 9.15. The van der Waals surface area contributed by atoms with Gasteiger partial charge in [0.2, 0.25) is 0 Å². The molecule has 0 bridgehead atoms. The largest absolute Gasteiger partial charge is 0.487 e. The van der Waals surface area contributed by atoms with Gasteiger partial charge in [-0.15, -0.1) is 0 Å². The van der Waals surface area contributed by atoms with Gasteiger partial charge < -0.3 is 10.5 Å². The SMILES string of the molecule is Nc1ccccc1OCc1ccc(C2=C(Cc3ccccc3)CCC=C2)c2ccccc12. The zero-order chi connectivity index (χ0) is 21.8. The Morgan fingerprint density at radius 2 is 1.50 bits per heavy atom. The standard InChI is InChI=1S/C30H27NO/c31-29-16-8-9-17-30(29)32-21-24-18-19-28(27-15-7-6-14-26(24)27)25-13-5-4-12-23(25)20-22-10-2-1-3-11-22/h1-3,5-11,13-19H,4,12,20-21,31H2. The lowest BCUT2D eigenvalue weighted by Crippen LogP contribution is -2.02. The van der Waals surface area contributed by atoms with Crippen molar-refractivity contribution in [2.75, 3.05) is 5.73 Å². The number of anilines is 1. The molecule has 1 aliphatic carbocycles. The van der Waals surface area contributed by atoms with Crippen molar-refractivity contribution in [3.8, 4) is 5.75 Å². The van der Waals surface area contributed by atoms with E-state index in [1.54, 1.807) is 0 Å². The van der Waals surface area contributed by atoms with Crippen molar-refractivity contribution in [1.29, 1.82) is 0 Å². The predicted molar refractivity (Wildman–Crippen MR) is 135 cm³/mol. The minimum atomic E-state index is 0.487. The first-order chi connectivity index (χ1) is 15.8. The van der Waals surface area contributed by atoms with E-state index in [-0.39, 0.29) is 0 Å². The van der Waals surface area contributed by atoms with Crippen LogP contribution in [0.2, 0.25) is 0 Å².